The van der Waals surface area contributed by atoms with Crippen molar-refractivity contribution in [3.8, 4) is 0 Å². The number of hydrogen-bond donors (Lipinski definition) is 0. The van der Waals surface area contributed by atoms with E-state index in [1.807, 2.05) is 0 Å². The normalized spacial score (nSPS) is 13.1. The van der Waals surface area contributed by atoms with Gasteiger partial charge in [-0.2, -0.15) is 22.0 Å². The van der Waals surface area contributed by atoms with E-state index in [4.69, 9.17) is 0 Å². The number of halogens is 7. The van der Waals surface area contributed by atoms with Crippen LogP contribution in [-0.4, -0.2) is 6.18 Å². The molecule has 7 heteroatoms. The van der Waals surface area contributed by atoms with Crippen LogP contribution in [-0.2, 0) is 0 Å². The summed E-state index contributed by atoms with van der Waals surface area (Å²) in [5.74, 6) is -2.90. The molecule has 0 N–H and O–H groups in total. The molecule has 0 unspecified atom stereocenters. The summed E-state index contributed by atoms with van der Waals surface area (Å²) in [6.45, 7) is 0. The van der Waals surface area contributed by atoms with Gasteiger partial charge in [-0.1, -0.05) is 0 Å². The Labute approximate surface area is 62.0 Å². The monoisotopic (exact) mass is 194 g/mol. The van der Waals surface area contributed by atoms with E-state index in [0.29, 0.717) is 0 Å². The molecule has 0 aromatic carbocycles. The Morgan fingerprint density at radius 2 is 1.42 bits per heavy atom. The van der Waals surface area contributed by atoms with E-state index in [1.165, 1.54) is 0 Å². The van der Waals surface area contributed by atoms with Gasteiger partial charge < -0.3 is 0 Å². The summed E-state index contributed by atoms with van der Waals surface area (Å²) in [7, 11) is 0. The first-order chi connectivity index (χ1) is 5.30. The fraction of sp³-hybridized carbons (Fsp3) is 0.200. The minimum absolute atomic E-state index is 1.26. The Bertz CT molecular complexity index is 216. The van der Waals surface area contributed by atoms with Crippen LogP contribution in [0.2, 0.25) is 0 Å². The molecule has 0 aliphatic rings. The zero-order chi connectivity index (χ0) is 9.94. The largest absolute Gasteiger partial charge is 0.421 e. The standard InChI is InChI=1S/C5HF7/c6-1-2(5(10,11)12)3(7)4(8)9/h1H. The van der Waals surface area contributed by atoms with Gasteiger partial charge in [0.1, 0.15) is 11.9 Å². The van der Waals surface area contributed by atoms with Gasteiger partial charge in [-0.3, -0.25) is 0 Å². The Morgan fingerprint density at radius 3 is 1.50 bits per heavy atom. The molecule has 0 aromatic rings. The highest BCUT2D eigenvalue weighted by molar-refractivity contribution is 5.28. The van der Waals surface area contributed by atoms with Crippen LogP contribution in [0.4, 0.5) is 30.7 Å². The maximum atomic E-state index is 11.8. The molecule has 0 fully saturated rings. The lowest BCUT2D eigenvalue weighted by Gasteiger charge is -2.05. The fourth-order valence-corrected chi connectivity index (χ4v) is 0.336. The van der Waals surface area contributed by atoms with E-state index in [2.05, 4.69) is 0 Å². The highest BCUT2D eigenvalue weighted by Gasteiger charge is 2.39. The molecular formula is C5HF7. The molecular weight excluding hydrogens is 193 g/mol. The van der Waals surface area contributed by atoms with Crippen LogP contribution in [0.5, 0.6) is 0 Å². The van der Waals surface area contributed by atoms with Crippen molar-refractivity contribution in [3.05, 3.63) is 23.8 Å². The van der Waals surface area contributed by atoms with Crippen LogP contribution in [0.1, 0.15) is 0 Å². The summed E-state index contributed by atoms with van der Waals surface area (Å²) >= 11 is 0. The summed E-state index contributed by atoms with van der Waals surface area (Å²) in [5.41, 5.74) is -2.62. The van der Waals surface area contributed by atoms with E-state index in [-0.39, 0.29) is 0 Å². The molecule has 0 rings (SSSR count). The van der Waals surface area contributed by atoms with Gasteiger partial charge in [0.15, 0.2) is 0 Å². The molecule has 12 heavy (non-hydrogen) atoms. The zero-order valence-electron chi connectivity index (χ0n) is 5.22. The van der Waals surface area contributed by atoms with Crippen LogP contribution < -0.4 is 0 Å². The minimum atomic E-state index is -5.46. The third-order valence-corrected chi connectivity index (χ3v) is 0.817. The van der Waals surface area contributed by atoms with Crippen molar-refractivity contribution >= 4 is 0 Å². The predicted molar refractivity (Wildman–Crippen MR) is 25.6 cm³/mol. The highest BCUT2D eigenvalue weighted by atomic mass is 19.4. The third-order valence-electron chi connectivity index (χ3n) is 0.817. The molecule has 0 atom stereocenters. The first-order valence-electron chi connectivity index (χ1n) is 2.39. The summed E-state index contributed by atoms with van der Waals surface area (Å²) < 4.78 is 79.7. The molecule has 0 nitrogen and oxygen atoms in total. The third kappa shape index (κ3) is 2.55. The number of allylic oxidation sites excluding steroid dienone is 2. The number of alkyl halides is 3. The predicted octanol–water partition coefficient (Wildman–Crippen LogP) is 3.48. The van der Waals surface area contributed by atoms with Gasteiger partial charge in [0.25, 0.3) is 0 Å². The first-order valence-corrected chi connectivity index (χ1v) is 2.39. The van der Waals surface area contributed by atoms with Gasteiger partial charge in [-0.05, 0) is 0 Å². The zero-order valence-corrected chi connectivity index (χ0v) is 5.22. The second kappa shape index (κ2) is 3.59. The lowest BCUT2D eigenvalue weighted by molar-refractivity contribution is -0.0925. The summed E-state index contributed by atoms with van der Waals surface area (Å²) in [6, 6.07) is 0. The molecule has 0 saturated heterocycles. The average Bonchev–Trinajstić information content (AvgIpc) is 1.85. The van der Waals surface area contributed by atoms with Gasteiger partial charge in [0, 0.05) is 0 Å². The molecule has 0 heterocycles. The smallest absolute Gasteiger partial charge is 0.215 e. The van der Waals surface area contributed by atoms with Crippen LogP contribution in [0.3, 0.4) is 0 Å². The second-order valence-corrected chi connectivity index (χ2v) is 1.59. The van der Waals surface area contributed by atoms with Crippen molar-refractivity contribution in [2.75, 3.05) is 0 Å². The molecule has 0 aromatic heterocycles. The van der Waals surface area contributed by atoms with E-state index in [1.54, 1.807) is 0 Å². The molecule has 0 spiro atoms. The van der Waals surface area contributed by atoms with Gasteiger partial charge in [-0.15, -0.1) is 0 Å². The van der Waals surface area contributed by atoms with E-state index in [0.717, 1.165) is 0 Å². The molecule has 0 saturated carbocycles. The van der Waals surface area contributed by atoms with Gasteiger partial charge in [-0.25, -0.2) is 8.78 Å². The first kappa shape index (κ1) is 11.0. The maximum absolute atomic E-state index is 11.8. The minimum Gasteiger partial charge on any atom is -0.215 e. The van der Waals surface area contributed by atoms with Crippen molar-refractivity contribution < 1.29 is 30.7 Å². The van der Waals surface area contributed by atoms with Gasteiger partial charge in [0.2, 0.25) is 5.83 Å². The fourth-order valence-electron chi connectivity index (χ4n) is 0.336. The van der Waals surface area contributed by atoms with Crippen LogP contribution in [0.25, 0.3) is 0 Å². The van der Waals surface area contributed by atoms with E-state index >= 15 is 0 Å². The quantitative estimate of drug-likeness (QED) is 0.442. The van der Waals surface area contributed by atoms with Crippen molar-refractivity contribution in [2.45, 2.75) is 6.18 Å². The molecule has 0 amide bonds. The van der Waals surface area contributed by atoms with Crippen molar-refractivity contribution in [2.24, 2.45) is 0 Å². The molecule has 0 bridgehead atoms. The summed E-state index contributed by atoms with van der Waals surface area (Å²) in [5, 5.41) is 0. The lowest BCUT2D eigenvalue weighted by atomic mass is 10.2. The van der Waals surface area contributed by atoms with Crippen LogP contribution >= 0.6 is 0 Å². The average molecular weight is 194 g/mol. The Balaban J connectivity index is 5.00. The van der Waals surface area contributed by atoms with Crippen molar-refractivity contribution in [1.29, 1.82) is 0 Å². The second-order valence-electron chi connectivity index (χ2n) is 1.59. The molecule has 0 aliphatic heterocycles. The lowest BCUT2D eigenvalue weighted by Crippen LogP contribution is -2.12. The number of hydrogen-bond acceptors (Lipinski definition) is 0. The van der Waals surface area contributed by atoms with Crippen LogP contribution in [0.15, 0.2) is 23.8 Å². The molecule has 0 radical (unpaired) electrons. The molecule has 70 valence electrons. The van der Waals surface area contributed by atoms with E-state index in [9.17, 15) is 30.7 Å². The highest BCUT2D eigenvalue weighted by Crippen LogP contribution is 2.33. The Kier molecular flexibility index (Phi) is 3.29. The maximum Gasteiger partial charge on any atom is 0.421 e. The Hall–Kier alpha value is -1.01. The Morgan fingerprint density at radius 1 is 1.00 bits per heavy atom. The topological polar surface area (TPSA) is 0 Å². The SMILES string of the molecule is FC=C(C(F)=C(F)F)C(F)(F)F. The summed E-state index contributed by atoms with van der Waals surface area (Å²) in [6.07, 6.45) is -9.92. The van der Waals surface area contributed by atoms with E-state index < -0.39 is 30.0 Å². The van der Waals surface area contributed by atoms with Crippen LogP contribution in [0, 0.1) is 0 Å². The van der Waals surface area contributed by atoms with Crippen molar-refractivity contribution in [1.82, 2.24) is 0 Å². The van der Waals surface area contributed by atoms with Crippen molar-refractivity contribution in [3.63, 3.8) is 0 Å². The van der Waals surface area contributed by atoms with Gasteiger partial charge in [0.05, 0.1) is 0 Å². The van der Waals surface area contributed by atoms with Gasteiger partial charge >= 0.3 is 12.3 Å². The molecule has 0 aliphatic carbocycles. The number of rotatable bonds is 1. The summed E-state index contributed by atoms with van der Waals surface area (Å²) in [4.78, 5) is 0.